The van der Waals surface area contributed by atoms with E-state index in [0.717, 1.165) is 4.62 Å². The fourth-order valence-electron chi connectivity index (χ4n) is 3.55. The molecular weight excluding hydrogens is 470 g/mol. The predicted octanol–water partition coefficient (Wildman–Crippen LogP) is 6.70. The van der Waals surface area contributed by atoms with Crippen LogP contribution in [0.15, 0.2) is 12.1 Å². The molecule has 0 saturated heterocycles. The van der Waals surface area contributed by atoms with E-state index in [4.69, 9.17) is 9.05 Å². The molecule has 0 unspecified atom stereocenters. The Hall–Kier alpha value is 0.649. The molecule has 1 aromatic heterocycles. The van der Waals surface area contributed by atoms with Crippen molar-refractivity contribution in [1.82, 2.24) is 0 Å². The second-order valence-electron chi connectivity index (χ2n) is 7.06. The van der Waals surface area contributed by atoms with Gasteiger partial charge in [0.1, 0.15) is 0 Å². The molecule has 152 valence electrons. The van der Waals surface area contributed by atoms with Crippen LogP contribution in [0.2, 0.25) is 13.3 Å². The van der Waals surface area contributed by atoms with Gasteiger partial charge < -0.3 is 0 Å². The molecular formula is C20H39O3PSSn. The Balaban J connectivity index is 3.23. The summed E-state index contributed by atoms with van der Waals surface area (Å²) >= 11 is -0.699. The molecule has 3 nitrogen and oxygen atoms in total. The van der Waals surface area contributed by atoms with Gasteiger partial charge in [0.05, 0.1) is 0 Å². The normalized spacial score (nSPS) is 12.7. The van der Waals surface area contributed by atoms with E-state index in [9.17, 15) is 4.57 Å². The fraction of sp³-hybridized carbons (Fsp3) is 0.800. The Morgan fingerprint density at radius 2 is 1.31 bits per heavy atom. The standard InChI is InChI=1S/C8H12O3PS.3C4H9.Sn/c1-3-10-12(9,11-4-2)8-6-5-7-13-8;3*1-3-4-2;/h5-6H,3-4H2,1-2H3;3*1,3-4H2,2H3;. The van der Waals surface area contributed by atoms with E-state index in [1.807, 2.05) is 19.9 Å². The second-order valence-corrected chi connectivity index (χ2v) is 24.6. The zero-order valence-corrected chi connectivity index (χ0v) is 22.1. The Labute approximate surface area is 169 Å². The maximum absolute atomic E-state index is 13.2. The molecule has 0 bridgehead atoms. The van der Waals surface area contributed by atoms with E-state index in [2.05, 4.69) is 26.8 Å². The first-order chi connectivity index (χ1) is 12.5. The van der Waals surface area contributed by atoms with Gasteiger partial charge >= 0.3 is 170 Å². The molecule has 0 atom stereocenters. The van der Waals surface area contributed by atoms with E-state index in [-0.39, 0.29) is 0 Å². The molecule has 26 heavy (non-hydrogen) atoms. The van der Waals surface area contributed by atoms with Crippen molar-refractivity contribution < 1.29 is 13.6 Å². The predicted molar refractivity (Wildman–Crippen MR) is 119 cm³/mol. The van der Waals surface area contributed by atoms with Gasteiger partial charge in [0, 0.05) is 0 Å². The Morgan fingerprint density at radius 3 is 1.69 bits per heavy atom. The number of unbranched alkanes of at least 4 members (excludes halogenated alkanes) is 3. The molecule has 0 aromatic carbocycles. The van der Waals surface area contributed by atoms with Crippen LogP contribution in [0.5, 0.6) is 0 Å². The summed E-state index contributed by atoms with van der Waals surface area (Å²) in [5.74, 6) is 0. The molecule has 0 aliphatic heterocycles. The monoisotopic (exact) mass is 510 g/mol. The van der Waals surface area contributed by atoms with Gasteiger partial charge in [-0.3, -0.25) is 0 Å². The van der Waals surface area contributed by atoms with Gasteiger partial charge in [0.25, 0.3) is 0 Å². The van der Waals surface area contributed by atoms with E-state index < -0.39 is 26.0 Å². The Morgan fingerprint density at radius 1 is 0.846 bits per heavy atom. The third-order valence-corrected chi connectivity index (χ3v) is 27.0. The van der Waals surface area contributed by atoms with Crippen LogP contribution in [0, 0.1) is 0 Å². The first-order valence-electron chi connectivity index (χ1n) is 10.5. The zero-order valence-electron chi connectivity index (χ0n) is 17.5. The van der Waals surface area contributed by atoms with Crippen LogP contribution >= 0.6 is 18.9 Å². The van der Waals surface area contributed by atoms with Crippen molar-refractivity contribution in [2.24, 2.45) is 0 Å². The minimum absolute atomic E-state index is 0.417. The van der Waals surface area contributed by atoms with Gasteiger partial charge in [-0.1, -0.05) is 0 Å². The van der Waals surface area contributed by atoms with Crippen molar-refractivity contribution in [2.75, 3.05) is 13.2 Å². The van der Waals surface area contributed by atoms with E-state index in [1.165, 1.54) is 51.8 Å². The summed E-state index contributed by atoms with van der Waals surface area (Å²) in [7, 11) is -3.15. The van der Waals surface area contributed by atoms with Gasteiger partial charge in [0.2, 0.25) is 0 Å². The van der Waals surface area contributed by atoms with Crippen LogP contribution in [-0.4, -0.2) is 31.6 Å². The zero-order chi connectivity index (χ0) is 19.5. The average molecular weight is 509 g/mol. The number of hydrogen-bond donors (Lipinski definition) is 0. The summed E-state index contributed by atoms with van der Waals surface area (Å²) in [6.45, 7) is 11.5. The van der Waals surface area contributed by atoms with Crippen LogP contribution in [0.4, 0.5) is 0 Å². The van der Waals surface area contributed by atoms with Gasteiger partial charge in [0.15, 0.2) is 0 Å². The van der Waals surface area contributed by atoms with Gasteiger partial charge in [-0.2, -0.15) is 0 Å². The molecule has 0 N–H and O–H groups in total. The number of thiophene rings is 1. The van der Waals surface area contributed by atoms with Crippen LogP contribution in [0.25, 0.3) is 0 Å². The van der Waals surface area contributed by atoms with E-state index in [0.29, 0.717) is 13.2 Å². The van der Waals surface area contributed by atoms with E-state index in [1.54, 1.807) is 14.2 Å². The number of hydrogen-bond acceptors (Lipinski definition) is 4. The van der Waals surface area contributed by atoms with Gasteiger partial charge in [-0.05, 0) is 0 Å². The van der Waals surface area contributed by atoms with Crippen molar-refractivity contribution in [3.8, 4) is 0 Å². The maximum atomic E-state index is 13.2. The summed E-state index contributed by atoms with van der Waals surface area (Å²) in [5, 5.41) is 0. The third kappa shape index (κ3) is 6.91. The fourth-order valence-corrected chi connectivity index (χ4v) is 26.5. The molecule has 0 fully saturated rings. The quantitative estimate of drug-likeness (QED) is 0.195. The van der Waals surface area contributed by atoms with Crippen molar-refractivity contribution in [3.05, 3.63) is 12.1 Å². The summed E-state index contributed by atoms with van der Waals surface area (Å²) in [6.07, 6.45) is 7.82. The molecule has 1 heterocycles. The molecule has 6 heteroatoms. The second kappa shape index (κ2) is 13.0. The summed E-state index contributed by atoms with van der Waals surface area (Å²) < 4.78 is 31.1. The summed E-state index contributed by atoms with van der Waals surface area (Å²) in [4.78, 5) is 0. The molecule has 1 rings (SSSR count). The van der Waals surface area contributed by atoms with Crippen molar-refractivity contribution in [3.63, 3.8) is 0 Å². The van der Waals surface area contributed by atoms with Crippen molar-refractivity contribution >= 4 is 44.8 Å². The van der Waals surface area contributed by atoms with Crippen LogP contribution < -0.4 is 7.51 Å². The first kappa shape index (κ1) is 24.7. The van der Waals surface area contributed by atoms with Crippen LogP contribution in [-0.2, 0) is 13.6 Å². The van der Waals surface area contributed by atoms with Crippen molar-refractivity contribution in [2.45, 2.75) is 86.5 Å². The molecule has 0 aliphatic carbocycles. The molecule has 0 spiro atoms. The van der Waals surface area contributed by atoms with Crippen LogP contribution in [0.1, 0.15) is 73.1 Å². The summed E-state index contributed by atoms with van der Waals surface area (Å²) in [6, 6.07) is 4.34. The first-order valence-corrected chi connectivity index (χ1v) is 20.4. The summed E-state index contributed by atoms with van der Waals surface area (Å²) in [5.41, 5.74) is 0. The molecule has 1 aromatic rings. The molecule has 0 amide bonds. The minimum atomic E-state index is -3.15. The third-order valence-electron chi connectivity index (χ3n) is 5.01. The van der Waals surface area contributed by atoms with Gasteiger partial charge in [-0.15, -0.1) is 0 Å². The number of rotatable bonds is 15. The van der Waals surface area contributed by atoms with Crippen LogP contribution in [0.3, 0.4) is 0 Å². The van der Waals surface area contributed by atoms with Gasteiger partial charge in [-0.25, -0.2) is 0 Å². The molecule has 0 saturated carbocycles. The topological polar surface area (TPSA) is 35.5 Å². The Kier molecular flexibility index (Phi) is 12.3. The Bertz CT molecular complexity index is 515. The molecule has 0 radical (unpaired) electrons. The molecule has 0 aliphatic rings. The average Bonchev–Trinajstić information content (AvgIpc) is 3.13. The SMILES string of the molecule is CCC[CH2][Sn]([CH2]CCC)([CH2]CCC)[c]1ccc(P(=O)(OCC)OCC)s1. The van der Waals surface area contributed by atoms with E-state index >= 15 is 0 Å². The van der Waals surface area contributed by atoms with Crippen molar-refractivity contribution in [1.29, 1.82) is 0 Å².